The summed E-state index contributed by atoms with van der Waals surface area (Å²) in [7, 11) is 0.106. The van der Waals surface area contributed by atoms with Crippen LogP contribution in [0.2, 0.25) is 5.02 Å². The third-order valence-electron chi connectivity index (χ3n) is 4.93. The van der Waals surface area contributed by atoms with Crippen LogP contribution in [0.25, 0.3) is 0 Å². The van der Waals surface area contributed by atoms with E-state index in [0.29, 0.717) is 11.5 Å². The Balaban J connectivity index is 2.14. The second-order valence-corrected chi connectivity index (χ2v) is 10.7. The molecule has 32 heavy (non-hydrogen) atoms. The maximum Gasteiger partial charge on any atom is 0.373 e. The van der Waals surface area contributed by atoms with Crippen LogP contribution in [-0.4, -0.2) is 55.9 Å². The van der Waals surface area contributed by atoms with Crippen LogP contribution in [-0.2, 0) is 21.5 Å². The number of ketones is 1. The van der Waals surface area contributed by atoms with Crippen LogP contribution in [0.5, 0.6) is 5.88 Å². The summed E-state index contributed by atoms with van der Waals surface area (Å²) < 4.78 is 28.9. The summed E-state index contributed by atoms with van der Waals surface area (Å²) in [5, 5.41) is 3.25. The van der Waals surface area contributed by atoms with Gasteiger partial charge in [0.1, 0.15) is 11.3 Å². The van der Waals surface area contributed by atoms with Crippen molar-refractivity contribution in [2.24, 2.45) is 11.4 Å². The fraction of sp³-hybridized carbons (Fsp3) is 0.400. The number of thioether (sulfide) groups is 1. The number of aromatic nitrogens is 2. The lowest BCUT2D eigenvalue weighted by Crippen LogP contribution is -2.16. The van der Waals surface area contributed by atoms with E-state index >= 15 is 0 Å². The molecule has 1 saturated heterocycles. The molecule has 0 amide bonds. The van der Waals surface area contributed by atoms with Crippen LogP contribution >= 0.6 is 23.4 Å². The molecule has 0 unspecified atom stereocenters. The first kappa shape index (κ1) is 24.3. The fourth-order valence-corrected chi connectivity index (χ4v) is 5.99. The first-order valence-corrected chi connectivity index (χ1v) is 13.1. The highest BCUT2D eigenvalue weighted by Gasteiger charge is 2.27. The second kappa shape index (κ2) is 10.1. The number of aryl methyl sites for hydroxylation is 1. The third kappa shape index (κ3) is 5.00. The number of ether oxygens (including phenoxy) is 2. The van der Waals surface area contributed by atoms with Gasteiger partial charge < -0.3 is 9.47 Å². The van der Waals surface area contributed by atoms with E-state index in [9.17, 15) is 18.6 Å². The third-order valence-corrected chi connectivity index (χ3v) is 8.09. The molecule has 172 valence electrons. The molecule has 0 bridgehead atoms. The Kier molecular flexibility index (Phi) is 7.63. The molecule has 1 aromatic carbocycles. The monoisotopic (exact) mass is 499 g/mol. The van der Waals surface area contributed by atoms with Gasteiger partial charge >= 0.3 is 11.3 Å². The zero-order valence-corrected chi connectivity index (χ0v) is 20.1. The van der Waals surface area contributed by atoms with Crippen molar-refractivity contribution in [1.82, 2.24) is 9.78 Å². The first-order chi connectivity index (χ1) is 15.2. The van der Waals surface area contributed by atoms with Crippen molar-refractivity contribution in [1.29, 1.82) is 0 Å². The minimum Gasteiger partial charge on any atom is -0.465 e. The van der Waals surface area contributed by atoms with Gasteiger partial charge in [-0.25, -0.2) is 18.5 Å². The highest BCUT2D eigenvalue weighted by atomic mass is 35.5. The van der Waals surface area contributed by atoms with E-state index in [2.05, 4.69) is 9.46 Å². The van der Waals surface area contributed by atoms with Crippen LogP contribution in [0.4, 0.5) is 10.5 Å². The van der Waals surface area contributed by atoms with Crippen molar-refractivity contribution in [3.63, 3.8) is 0 Å². The van der Waals surface area contributed by atoms with E-state index in [4.69, 9.17) is 21.1 Å². The largest absolute Gasteiger partial charge is 0.465 e. The smallest absolute Gasteiger partial charge is 0.373 e. The molecular formula is C20H22ClN3O6S2. The Morgan fingerprint density at radius 2 is 1.81 bits per heavy atom. The fourth-order valence-electron chi connectivity index (χ4n) is 3.26. The highest BCUT2D eigenvalue weighted by molar-refractivity contribution is 8.12. The van der Waals surface area contributed by atoms with E-state index < -0.39 is 26.8 Å². The molecule has 2 heterocycles. The quantitative estimate of drug-likeness (QED) is 0.443. The number of esters is 1. The molecule has 1 aliphatic rings. The maximum atomic E-state index is 13.3. The lowest BCUT2D eigenvalue weighted by molar-refractivity contribution is 0.0601. The van der Waals surface area contributed by atoms with Gasteiger partial charge in [0, 0.05) is 24.1 Å². The van der Waals surface area contributed by atoms with Gasteiger partial charge in [-0.3, -0.25) is 4.79 Å². The zero-order chi connectivity index (χ0) is 23.5. The standard InChI is InChI=1S/C20H22ClN3O6S2/c1-24-18(30-20(27)31-3)14(11-22-24)17(25)12-7-8-13(19(26)29-2)16(15(12)21)23-32(28)9-5-4-6-10-32/h7-8,11H,4-6,9-10H2,1-3H3. The molecule has 0 saturated carbocycles. The summed E-state index contributed by atoms with van der Waals surface area (Å²) in [4.78, 5) is 37.3. The molecule has 0 radical (unpaired) electrons. The van der Waals surface area contributed by atoms with Gasteiger partial charge in [0.2, 0.25) is 11.7 Å². The van der Waals surface area contributed by atoms with Gasteiger partial charge in [-0.1, -0.05) is 18.0 Å². The van der Waals surface area contributed by atoms with E-state index in [1.807, 2.05) is 0 Å². The average molecular weight is 500 g/mol. The average Bonchev–Trinajstić information content (AvgIpc) is 3.14. The lowest BCUT2D eigenvalue weighted by atomic mass is 10.0. The van der Waals surface area contributed by atoms with Gasteiger partial charge in [-0.05, 0) is 43.0 Å². The topological polar surface area (TPSA) is 117 Å². The van der Waals surface area contributed by atoms with Gasteiger partial charge in [0.15, 0.2) is 0 Å². The Bertz CT molecular complexity index is 1190. The Hall–Kier alpha value is -2.37. The van der Waals surface area contributed by atoms with Crippen LogP contribution in [0.3, 0.4) is 0 Å². The van der Waals surface area contributed by atoms with Gasteiger partial charge in [0.25, 0.3) is 0 Å². The molecule has 1 fully saturated rings. The molecule has 1 aromatic heterocycles. The first-order valence-electron chi connectivity index (χ1n) is 9.66. The van der Waals surface area contributed by atoms with Crippen LogP contribution in [0, 0.1) is 0 Å². The molecule has 0 aliphatic carbocycles. The van der Waals surface area contributed by atoms with Gasteiger partial charge in [-0.2, -0.15) is 9.46 Å². The predicted molar refractivity (Wildman–Crippen MR) is 123 cm³/mol. The number of nitrogens with zero attached hydrogens (tertiary/aromatic N) is 3. The van der Waals surface area contributed by atoms with Gasteiger partial charge in [-0.15, -0.1) is 0 Å². The summed E-state index contributed by atoms with van der Waals surface area (Å²) in [5.74, 6) is -0.559. The van der Waals surface area contributed by atoms with Crippen molar-refractivity contribution < 1.29 is 28.1 Å². The van der Waals surface area contributed by atoms with Crippen molar-refractivity contribution in [2.45, 2.75) is 19.3 Å². The highest BCUT2D eigenvalue weighted by Crippen LogP contribution is 2.37. The molecule has 2 aromatic rings. The number of hydrogen-bond donors (Lipinski definition) is 0. The molecule has 0 atom stereocenters. The summed E-state index contributed by atoms with van der Waals surface area (Å²) >= 11 is 7.39. The van der Waals surface area contributed by atoms with E-state index in [0.717, 1.165) is 31.0 Å². The Morgan fingerprint density at radius 3 is 2.44 bits per heavy atom. The van der Waals surface area contributed by atoms with E-state index in [1.165, 1.54) is 37.2 Å². The van der Waals surface area contributed by atoms with Crippen molar-refractivity contribution in [2.75, 3.05) is 24.9 Å². The van der Waals surface area contributed by atoms with E-state index in [1.54, 1.807) is 6.26 Å². The second-order valence-electron chi connectivity index (χ2n) is 7.02. The number of carbonyl (C=O) groups excluding carboxylic acids is 3. The van der Waals surface area contributed by atoms with Crippen LogP contribution in [0.15, 0.2) is 22.7 Å². The molecule has 12 heteroatoms. The number of hydrogen-bond acceptors (Lipinski definition) is 9. The number of halogens is 1. The summed E-state index contributed by atoms with van der Waals surface area (Å²) in [6, 6.07) is 2.72. The number of rotatable bonds is 5. The zero-order valence-electron chi connectivity index (χ0n) is 17.8. The molecule has 0 N–H and O–H groups in total. The summed E-state index contributed by atoms with van der Waals surface area (Å²) in [5.41, 5.74) is -0.00728. The predicted octanol–water partition coefficient (Wildman–Crippen LogP) is 4.24. The van der Waals surface area contributed by atoms with E-state index in [-0.39, 0.29) is 33.3 Å². The maximum absolute atomic E-state index is 13.3. The van der Waals surface area contributed by atoms with Crippen LogP contribution in [0.1, 0.15) is 45.5 Å². The Labute approximate surface area is 195 Å². The van der Waals surface area contributed by atoms with Gasteiger partial charge in [0.05, 0.1) is 33.6 Å². The van der Waals surface area contributed by atoms with Crippen molar-refractivity contribution >= 4 is 55.8 Å². The molecular weight excluding hydrogens is 478 g/mol. The minimum atomic E-state index is -2.63. The minimum absolute atomic E-state index is 0.00586. The molecule has 3 rings (SSSR count). The number of benzene rings is 1. The number of methoxy groups -OCH3 is 1. The SMILES string of the molecule is COC(=O)c1ccc(C(=O)c2cnn(C)c2OC(=O)SC)c(Cl)c1N=S1(=O)CCCCC1. The lowest BCUT2D eigenvalue weighted by Gasteiger charge is -2.17. The summed E-state index contributed by atoms with van der Waals surface area (Å²) in [6.07, 6.45) is 5.27. The molecule has 1 aliphatic heterocycles. The Morgan fingerprint density at radius 1 is 1.16 bits per heavy atom. The molecule has 0 spiro atoms. The van der Waals surface area contributed by atoms with Crippen molar-refractivity contribution in [3.8, 4) is 5.88 Å². The van der Waals surface area contributed by atoms with Crippen molar-refractivity contribution in [3.05, 3.63) is 40.0 Å². The molecule has 9 nitrogen and oxygen atoms in total. The normalized spacial score (nSPS) is 15.1. The summed E-state index contributed by atoms with van der Waals surface area (Å²) in [6.45, 7) is 0. The van der Waals surface area contributed by atoms with Crippen LogP contribution < -0.4 is 4.74 Å². The number of carbonyl (C=O) groups is 3.